The van der Waals surface area contributed by atoms with Crippen molar-refractivity contribution in [2.24, 2.45) is 5.92 Å². The van der Waals surface area contributed by atoms with Crippen LogP contribution < -0.4 is 4.90 Å². The third-order valence-corrected chi connectivity index (χ3v) is 6.70. The van der Waals surface area contributed by atoms with Crippen LogP contribution in [0.5, 0.6) is 0 Å². The van der Waals surface area contributed by atoms with Crippen LogP contribution in [0.25, 0.3) is 0 Å². The highest BCUT2D eigenvalue weighted by Crippen LogP contribution is 2.33. The molecule has 0 aliphatic carbocycles. The summed E-state index contributed by atoms with van der Waals surface area (Å²) >= 11 is 16.2. The lowest BCUT2D eigenvalue weighted by Crippen LogP contribution is -2.44. The molecule has 6 heteroatoms. The molecule has 3 nitrogen and oxygen atoms in total. The van der Waals surface area contributed by atoms with Gasteiger partial charge in [-0.25, -0.2) is 0 Å². The number of amides is 1. The number of likely N-dealkylation sites (tertiary alicyclic amines) is 1. The van der Waals surface area contributed by atoms with E-state index in [-0.39, 0.29) is 11.8 Å². The predicted octanol–water partition coefficient (Wildman–Crippen LogP) is 5.56. The molecule has 0 aromatic heterocycles. The van der Waals surface area contributed by atoms with Crippen LogP contribution in [0, 0.1) is 5.92 Å². The molecule has 1 saturated heterocycles. The number of nitrogens with zero attached hydrogens (tertiary/aromatic N) is 2. The summed E-state index contributed by atoms with van der Waals surface area (Å²) in [5, 5.41) is 1.38. The van der Waals surface area contributed by atoms with Crippen LogP contribution in [0.4, 0.5) is 5.69 Å². The molecule has 2 heterocycles. The summed E-state index contributed by atoms with van der Waals surface area (Å²) in [7, 11) is 0. The van der Waals surface area contributed by atoms with Gasteiger partial charge in [-0.2, -0.15) is 0 Å². The minimum absolute atomic E-state index is 0.0228. The number of hydrogen-bond acceptors (Lipinski definition) is 2. The normalized spacial score (nSPS) is 20.0. The van der Waals surface area contributed by atoms with E-state index in [1.807, 2.05) is 29.2 Å². The molecule has 0 saturated carbocycles. The van der Waals surface area contributed by atoms with Crippen molar-refractivity contribution in [2.45, 2.75) is 25.8 Å². The first-order valence-electron chi connectivity index (χ1n) is 9.28. The lowest BCUT2D eigenvalue weighted by atomic mass is 9.96. The Labute approximate surface area is 178 Å². The molecule has 2 aliphatic heterocycles. The standard InChI is InChI=1S/C21H21BrCl2N2O/c22-16-6-7-20-14(11-16)8-10-26(20)21(27)15-3-2-9-25(12-15)13-17-18(23)4-1-5-19(17)24/h1,4-7,11,15H,2-3,8-10,12-13H2/t15-/m0/s1. The second-order valence-corrected chi connectivity index (χ2v) is 9.02. The first kappa shape index (κ1) is 19.3. The minimum atomic E-state index is 0.0228. The molecule has 0 bridgehead atoms. The Balaban J connectivity index is 1.47. The van der Waals surface area contributed by atoms with Gasteiger partial charge in [-0.1, -0.05) is 45.2 Å². The third-order valence-electron chi connectivity index (χ3n) is 5.50. The zero-order chi connectivity index (χ0) is 19.0. The first-order chi connectivity index (χ1) is 13.0. The van der Waals surface area contributed by atoms with E-state index in [9.17, 15) is 4.79 Å². The fourth-order valence-corrected chi connectivity index (χ4v) is 5.05. The van der Waals surface area contributed by atoms with Crippen LogP contribution in [-0.4, -0.2) is 30.4 Å². The average molecular weight is 468 g/mol. The highest BCUT2D eigenvalue weighted by Gasteiger charge is 2.33. The van der Waals surface area contributed by atoms with Gasteiger partial charge in [-0.05, 0) is 61.7 Å². The highest BCUT2D eigenvalue weighted by molar-refractivity contribution is 9.10. The van der Waals surface area contributed by atoms with Crippen molar-refractivity contribution in [1.82, 2.24) is 4.90 Å². The lowest BCUT2D eigenvalue weighted by molar-refractivity contribution is -0.124. The van der Waals surface area contributed by atoms with Gasteiger partial charge in [-0.3, -0.25) is 9.69 Å². The third kappa shape index (κ3) is 4.04. The molecule has 1 fully saturated rings. The summed E-state index contributed by atoms with van der Waals surface area (Å²) in [6.07, 6.45) is 2.87. The zero-order valence-corrected chi connectivity index (χ0v) is 18.0. The molecule has 0 spiro atoms. The van der Waals surface area contributed by atoms with Crippen molar-refractivity contribution in [2.75, 3.05) is 24.5 Å². The van der Waals surface area contributed by atoms with Gasteiger partial charge >= 0.3 is 0 Å². The van der Waals surface area contributed by atoms with Crippen LogP contribution in [0.1, 0.15) is 24.0 Å². The number of rotatable bonds is 3. The van der Waals surface area contributed by atoms with E-state index in [2.05, 4.69) is 33.0 Å². The van der Waals surface area contributed by atoms with Gasteiger partial charge in [-0.15, -0.1) is 0 Å². The summed E-state index contributed by atoms with van der Waals surface area (Å²) in [4.78, 5) is 17.5. The van der Waals surface area contributed by atoms with E-state index in [0.29, 0.717) is 16.6 Å². The maximum atomic E-state index is 13.2. The van der Waals surface area contributed by atoms with E-state index in [1.54, 1.807) is 0 Å². The van der Waals surface area contributed by atoms with Crippen LogP contribution in [0.2, 0.25) is 10.0 Å². The molecular formula is C21H21BrCl2N2O. The van der Waals surface area contributed by atoms with Gasteiger partial charge < -0.3 is 4.90 Å². The SMILES string of the molecule is O=C([C@H]1CCCN(Cc2c(Cl)cccc2Cl)C1)N1CCc2cc(Br)ccc21. The van der Waals surface area contributed by atoms with Crippen molar-refractivity contribution in [3.05, 3.63) is 62.0 Å². The molecule has 1 amide bonds. The van der Waals surface area contributed by atoms with Crippen LogP contribution in [-0.2, 0) is 17.8 Å². The summed E-state index contributed by atoms with van der Waals surface area (Å²) < 4.78 is 1.07. The summed E-state index contributed by atoms with van der Waals surface area (Å²) in [5.41, 5.74) is 3.26. The Morgan fingerprint density at radius 3 is 2.70 bits per heavy atom. The number of piperidine rings is 1. The van der Waals surface area contributed by atoms with Gasteiger partial charge in [0.2, 0.25) is 5.91 Å². The zero-order valence-electron chi connectivity index (χ0n) is 14.9. The quantitative estimate of drug-likeness (QED) is 0.590. The van der Waals surface area contributed by atoms with Crippen molar-refractivity contribution < 1.29 is 4.79 Å². The first-order valence-corrected chi connectivity index (χ1v) is 10.8. The van der Waals surface area contributed by atoms with Gasteiger partial charge in [0, 0.05) is 45.4 Å². The molecule has 0 unspecified atom stereocenters. The monoisotopic (exact) mass is 466 g/mol. The van der Waals surface area contributed by atoms with Crippen LogP contribution >= 0.6 is 39.1 Å². The number of carbonyl (C=O) groups is 1. The summed E-state index contributed by atoms with van der Waals surface area (Å²) in [6.45, 7) is 3.18. The number of anilines is 1. The van der Waals surface area contributed by atoms with Crippen molar-refractivity contribution in [3.8, 4) is 0 Å². The van der Waals surface area contributed by atoms with Gasteiger partial charge in [0.25, 0.3) is 0 Å². The fraction of sp³-hybridized carbons (Fsp3) is 0.381. The van der Waals surface area contributed by atoms with Crippen LogP contribution in [0.3, 0.4) is 0 Å². The second-order valence-electron chi connectivity index (χ2n) is 7.29. The molecule has 27 heavy (non-hydrogen) atoms. The van der Waals surface area contributed by atoms with Crippen LogP contribution in [0.15, 0.2) is 40.9 Å². The fourth-order valence-electron chi connectivity index (χ4n) is 4.13. The van der Waals surface area contributed by atoms with E-state index in [0.717, 1.165) is 54.6 Å². The number of benzene rings is 2. The molecule has 0 N–H and O–H groups in total. The molecule has 2 aromatic rings. The minimum Gasteiger partial charge on any atom is -0.312 e. The summed E-state index contributed by atoms with van der Waals surface area (Å²) in [5.74, 6) is 0.264. The van der Waals surface area contributed by atoms with Crippen molar-refractivity contribution in [1.29, 1.82) is 0 Å². The largest absolute Gasteiger partial charge is 0.312 e. The molecule has 2 aliphatic rings. The highest BCUT2D eigenvalue weighted by atomic mass is 79.9. The Bertz CT molecular complexity index is 853. The lowest BCUT2D eigenvalue weighted by Gasteiger charge is -2.34. The maximum Gasteiger partial charge on any atom is 0.231 e. The molecule has 0 radical (unpaired) electrons. The Hall–Kier alpha value is -1.07. The van der Waals surface area contributed by atoms with E-state index in [4.69, 9.17) is 23.2 Å². The Kier molecular flexibility index (Phi) is 5.79. The number of carbonyl (C=O) groups excluding carboxylic acids is 1. The summed E-state index contributed by atoms with van der Waals surface area (Å²) in [6, 6.07) is 11.8. The van der Waals surface area contributed by atoms with Crippen molar-refractivity contribution >= 4 is 50.7 Å². The number of hydrogen-bond donors (Lipinski definition) is 0. The Morgan fingerprint density at radius 2 is 1.93 bits per heavy atom. The maximum absolute atomic E-state index is 13.2. The Morgan fingerprint density at radius 1 is 1.15 bits per heavy atom. The molecule has 1 atom stereocenters. The smallest absolute Gasteiger partial charge is 0.231 e. The van der Waals surface area contributed by atoms with Gasteiger partial charge in [0.15, 0.2) is 0 Å². The van der Waals surface area contributed by atoms with E-state index in [1.165, 1.54) is 5.56 Å². The topological polar surface area (TPSA) is 23.6 Å². The number of fused-ring (bicyclic) bond motifs is 1. The van der Waals surface area contributed by atoms with E-state index >= 15 is 0 Å². The van der Waals surface area contributed by atoms with Crippen molar-refractivity contribution in [3.63, 3.8) is 0 Å². The van der Waals surface area contributed by atoms with Gasteiger partial charge in [0.05, 0.1) is 5.92 Å². The van der Waals surface area contributed by atoms with Gasteiger partial charge in [0.1, 0.15) is 0 Å². The predicted molar refractivity (Wildman–Crippen MR) is 115 cm³/mol. The molecule has 142 valence electrons. The second kappa shape index (κ2) is 8.12. The molecular weight excluding hydrogens is 447 g/mol. The molecule has 2 aromatic carbocycles. The average Bonchev–Trinajstić information content (AvgIpc) is 3.07. The molecule has 4 rings (SSSR count). The number of halogens is 3. The van der Waals surface area contributed by atoms with E-state index < -0.39 is 0 Å².